The second kappa shape index (κ2) is 8.19. The number of carbonyl (C=O) groups is 1. The summed E-state index contributed by atoms with van der Waals surface area (Å²) in [5.74, 6) is -0.556. The molecule has 1 aromatic rings. The van der Waals surface area contributed by atoms with Gasteiger partial charge in [0.1, 0.15) is 5.82 Å². The van der Waals surface area contributed by atoms with Crippen LogP contribution in [0.25, 0.3) is 0 Å². The number of aliphatic hydroxyl groups is 1. The second-order valence-corrected chi connectivity index (χ2v) is 5.31. The van der Waals surface area contributed by atoms with Crippen LogP contribution in [-0.2, 0) is 11.3 Å². The molecule has 0 aromatic heterocycles. The summed E-state index contributed by atoms with van der Waals surface area (Å²) in [5, 5.41) is 14.7. The minimum absolute atomic E-state index is 0.0339. The van der Waals surface area contributed by atoms with Gasteiger partial charge in [0.15, 0.2) is 0 Å². The van der Waals surface area contributed by atoms with Crippen molar-refractivity contribution in [2.75, 3.05) is 13.2 Å². The molecule has 112 valence electrons. The van der Waals surface area contributed by atoms with Gasteiger partial charge in [-0.3, -0.25) is 4.79 Å². The highest BCUT2D eigenvalue weighted by Gasteiger charge is 2.13. The quantitative estimate of drug-likeness (QED) is 0.718. The van der Waals surface area contributed by atoms with E-state index in [0.29, 0.717) is 5.56 Å². The van der Waals surface area contributed by atoms with Crippen LogP contribution in [0.15, 0.2) is 18.2 Å². The predicted molar refractivity (Wildman–Crippen MR) is 77.0 cm³/mol. The van der Waals surface area contributed by atoms with Gasteiger partial charge in [-0.2, -0.15) is 0 Å². The number of carbonyl (C=O) groups excluding carboxylic acids is 1. The molecule has 0 fully saturated rings. The summed E-state index contributed by atoms with van der Waals surface area (Å²) in [7, 11) is 0. The van der Waals surface area contributed by atoms with Gasteiger partial charge in [0.05, 0.1) is 18.2 Å². The van der Waals surface area contributed by atoms with E-state index in [1.165, 1.54) is 6.07 Å². The van der Waals surface area contributed by atoms with Crippen LogP contribution < -0.4 is 10.6 Å². The molecule has 4 nitrogen and oxygen atoms in total. The maximum absolute atomic E-state index is 13.6. The van der Waals surface area contributed by atoms with Gasteiger partial charge in [0.2, 0.25) is 5.91 Å². The zero-order valence-electron chi connectivity index (χ0n) is 11.6. The lowest BCUT2D eigenvalue weighted by atomic mass is 10.1. The van der Waals surface area contributed by atoms with Gasteiger partial charge >= 0.3 is 0 Å². The number of rotatable bonds is 7. The normalized spacial score (nSPS) is 12.5. The molecule has 6 heteroatoms. The fourth-order valence-corrected chi connectivity index (χ4v) is 1.87. The molecule has 0 radical (unpaired) electrons. The fourth-order valence-electron chi connectivity index (χ4n) is 1.68. The molecular formula is C14H20ClFN2O2. The first-order valence-electron chi connectivity index (χ1n) is 6.49. The van der Waals surface area contributed by atoms with Crippen LogP contribution in [0.5, 0.6) is 0 Å². The van der Waals surface area contributed by atoms with E-state index in [4.69, 9.17) is 16.7 Å². The fraction of sp³-hybridized carbons (Fsp3) is 0.500. The average molecular weight is 303 g/mol. The lowest BCUT2D eigenvalue weighted by Crippen LogP contribution is -2.43. The molecule has 1 atom stereocenters. The van der Waals surface area contributed by atoms with E-state index < -0.39 is 5.82 Å². The lowest BCUT2D eigenvalue weighted by Gasteiger charge is -2.19. The highest BCUT2D eigenvalue weighted by molar-refractivity contribution is 6.30. The number of nitrogens with one attached hydrogen (secondary N) is 2. The molecular weight excluding hydrogens is 283 g/mol. The molecule has 0 spiro atoms. The van der Waals surface area contributed by atoms with E-state index in [9.17, 15) is 9.18 Å². The van der Waals surface area contributed by atoms with Crippen molar-refractivity contribution in [3.8, 4) is 0 Å². The van der Waals surface area contributed by atoms with Crippen LogP contribution in [0.1, 0.15) is 19.4 Å². The predicted octanol–water partition coefficient (Wildman–Crippen LogP) is 1.70. The molecule has 3 N–H and O–H groups in total. The first-order chi connectivity index (χ1) is 9.45. The Morgan fingerprint density at radius 3 is 2.75 bits per heavy atom. The Hall–Kier alpha value is -1.17. The van der Waals surface area contributed by atoms with Crippen LogP contribution in [0.4, 0.5) is 4.39 Å². The van der Waals surface area contributed by atoms with Crippen molar-refractivity contribution in [1.82, 2.24) is 10.6 Å². The van der Waals surface area contributed by atoms with Gasteiger partial charge in [-0.05, 0) is 12.0 Å². The van der Waals surface area contributed by atoms with E-state index in [1.54, 1.807) is 12.1 Å². The molecule has 0 bridgehead atoms. The minimum atomic E-state index is -0.516. The highest BCUT2D eigenvalue weighted by atomic mass is 35.5. The van der Waals surface area contributed by atoms with Gasteiger partial charge < -0.3 is 15.7 Å². The van der Waals surface area contributed by atoms with Crippen LogP contribution in [-0.4, -0.2) is 30.2 Å². The first-order valence-corrected chi connectivity index (χ1v) is 6.87. The third-order valence-corrected chi connectivity index (χ3v) is 3.33. The molecule has 20 heavy (non-hydrogen) atoms. The smallest absolute Gasteiger partial charge is 0.234 e. The number of halogens is 2. The molecule has 0 aliphatic rings. The zero-order chi connectivity index (χ0) is 15.1. The van der Waals surface area contributed by atoms with Crippen molar-refractivity contribution in [2.24, 2.45) is 5.92 Å². The lowest BCUT2D eigenvalue weighted by molar-refractivity contribution is -0.120. The Kier molecular flexibility index (Phi) is 6.91. The SMILES string of the molecule is CC(C)C(CO)NCC(=O)NCc1cccc(Cl)c1F. The van der Waals surface area contributed by atoms with Gasteiger partial charge in [-0.25, -0.2) is 4.39 Å². The maximum Gasteiger partial charge on any atom is 0.234 e. The third kappa shape index (κ3) is 5.07. The average Bonchev–Trinajstić information content (AvgIpc) is 2.40. The summed E-state index contributed by atoms with van der Waals surface area (Å²) in [6.45, 7) is 4.03. The third-order valence-electron chi connectivity index (χ3n) is 3.03. The Balaban J connectivity index is 2.42. The van der Waals surface area contributed by atoms with Gasteiger partial charge in [0, 0.05) is 18.2 Å². The Labute approximate surface area is 123 Å². The maximum atomic E-state index is 13.6. The van der Waals surface area contributed by atoms with E-state index in [2.05, 4.69) is 10.6 Å². The summed E-state index contributed by atoms with van der Waals surface area (Å²) in [6, 6.07) is 4.52. The van der Waals surface area contributed by atoms with Crippen molar-refractivity contribution >= 4 is 17.5 Å². The topological polar surface area (TPSA) is 61.4 Å². The van der Waals surface area contributed by atoms with E-state index in [1.807, 2.05) is 13.8 Å². The molecule has 0 aliphatic carbocycles. The standard InChI is InChI=1S/C14H20ClFN2O2/c1-9(2)12(8-19)17-7-13(20)18-6-10-4-3-5-11(15)14(10)16/h3-5,9,12,17,19H,6-8H2,1-2H3,(H,18,20). The van der Waals surface area contributed by atoms with Crippen molar-refractivity contribution in [3.05, 3.63) is 34.6 Å². The summed E-state index contributed by atoms with van der Waals surface area (Å²) in [6.07, 6.45) is 0. The first kappa shape index (κ1) is 16.9. The van der Waals surface area contributed by atoms with Crippen LogP contribution in [0, 0.1) is 11.7 Å². The van der Waals surface area contributed by atoms with Crippen molar-refractivity contribution in [3.63, 3.8) is 0 Å². The Morgan fingerprint density at radius 1 is 1.45 bits per heavy atom. The van der Waals surface area contributed by atoms with Crippen molar-refractivity contribution < 1.29 is 14.3 Å². The molecule has 1 amide bonds. The zero-order valence-corrected chi connectivity index (χ0v) is 12.4. The molecule has 1 rings (SSSR count). The Morgan fingerprint density at radius 2 is 2.15 bits per heavy atom. The summed E-state index contributed by atoms with van der Waals surface area (Å²) >= 11 is 5.66. The van der Waals surface area contributed by atoms with Gasteiger partial charge in [-0.1, -0.05) is 37.6 Å². The monoisotopic (exact) mass is 302 g/mol. The highest BCUT2D eigenvalue weighted by Crippen LogP contribution is 2.17. The Bertz CT molecular complexity index is 455. The number of benzene rings is 1. The van der Waals surface area contributed by atoms with Gasteiger partial charge in [0.25, 0.3) is 0 Å². The summed E-state index contributed by atoms with van der Waals surface area (Å²) in [4.78, 5) is 11.6. The number of aliphatic hydroxyl groups excluding tert-OH is 1. The van der Waals surface area contributed by atoms with E-state index in [0.717, 1.165) is 0 Å². The molecule has 0 heterocycles. The van der Waals surface area contributed by atoms with Crippen LogP contribution in [0.3, 0.4) is 0 Å². The van der Waals surface area contributed by atoms with E-state index in [-0.39, 0.29) is 42.6 Å². The number of amides is 1. The number of hydrogen-bond acceptors (Lipinski definition) is 3. The molecule has 0 saturated heterocycles. The van der Waals surface area contributed by atoms with Gasteiger partial charge in [-0.15, -0.1) is 0 Å². The molecule has 1 unspecified atom stereocenters. The van der Waals surface area contributed by atoms with E-state index >= 15 is 0 Å². The van der Waals surface area contributed by atoms with Crippen LogP contribution in [0.2, 0.25) is 5.02 Å². The van der Waals surface area contributed by atoms with Crippen LogP contribution >= 0.6 is 11.6 Å². The summed E-state index contributed by atoms with van der Waals surface area (Å²) < 4.78 is 13.6. The molecule has 0 aliphatic heterocycles. The largest absolute Gasteiger partial charge is 0.395 e. The van der Waals surface area contributed by atoms with Crippen molar-refractivity contribution in [1.29, 1.82) is 0 Å². The molecule has 1 aromatic carbocycles. The van der Waals surface area contributed by atoms with Crippen molar-refractivity contribution in [2.45, 2.75) is 26.4 Å². The minimum Gasteiger partial charge on any atom is -0.395 e. The number of hydrogen-bond donors (Lipinski definition) is 3. The molecule has 0 saturated carbocycles. The second-order valence-electron chi connectivity index (χ2n) is 4.90. The summed E-state index contributed by atoms with van der Waals surface area (Å²) in [5.41, 5.74) is 0.341.